The van der Waals surface area contributed by atoms with E-state index in [4.69, 9.17) is 5.26 Å². The van der Waals surface area contributed by atoms with Crippen molar-refractivity contribution in [3.8, 4) is 6.07 Å². The van der Waals surface area contributed by atoms with Crippen molar-refractivity contribution in [3.05, 3.63) is 65.5 Å². The Morgan fingerprint density at radius 2 is 1.72 bits per heavy atom. The molecule has 0 saturated carbocycles. The SMILES string of the molecule is Cc1ccccc1CN1CCN(CC(=O)N(CCC#N)c2ccccc2F)CC1. The Bertz CT molecular complexity index is 871. The molecule has 0 aromatic heterocycles. The van der Waals surface area contributed by atoms with Crippen molar-refractivity contribution in [1.29, 1.82) is 5.26 Å². The Labute approximate surface area is 171 Å². The van der Waals surface area contributed by atoms with E-state index < -0.39 is 5.82 Å². The highest BCUT2D eigenvalue weighted by molar-refractivity contribution is 5.95. The van der Waals surface area contributed by atoms with Gasteiger partial charge in [0.15, 0.2) is 0 Å². The van der Waals surface area contributed by atoms with Gasteiger partial charge in [-0.2, -0.15) is 5.26 Å². The second-order valence-electron chi connectivity index (χ2n) is 7.38. The summed E-state index contributed by atoms with van der Waals surface area (Å²) in [7, 11) is 0. The molecule has 1 heterocycles. The van der Waals surface area contributed by atoms with Gasteiger partial charge in [-0.1, -0.05) is 36.4 Å². The molecule has 1 amide bonds. The van der Waals surface area contributed by atoms with Gasteiger partial charge in [0.1, 0.15) is 5.82 Å². The zero-order chi connectivity index (χ0) is 20.6. The van der Waals surface area contributed by atoms with E-state index >= 15 is 0 Å². The summed E-state index contributed by atoms with van der Waals surface area (Å²) in [6.07, 6.45) is 0.171. The minimum atomic E-state index is -0.443. The van der Waals surface area contributed by atoms with Crippen LogP contribution in [-0.2, 0) is 11.3 Å². The Hall–Kier alpha value is -2.75. The number of hydrogen-bond donors (Lipinski definition) is 0. The predicted octanol–water partition coefficient (Wildman–Crippen LogP) is 3.20. The smallest absolute Gasteiger partial charge is 0.241 e. The van der Waals surface area contributed by atoms with Gasteiger partial charge in [0.25, 0.3) is 0 Å². The second-order valence-corrected chi connectivity index (χ2v) is 7.38. The number of halogens is 1. The van der Waals surface area contributed by atoms with Crippen LogP contribution in [0.2, 0.25) is 0 Å². The van der Waals surface area contributed by atoms with E-state index in [1.54, 1.807) is 18.2 Å². The number of piperazine rings is 1. The molecule has 1 aliphatic rings. The number of rotatable bonds is 7. The molecule has 6 heteroatoms. The van der Waals surface area contributed by atoms with E-state index in [1.165, 1.54) is 22.1 Å². The van der Waals surface area contributed by atoms with Crippen LogP contribution in [-0.4, -0.2) is 55.0 Å². The summed E-state index contributed by atoms with van der Waals surface area (Å²) in [6, 6.07) is 16.7. The van der Waals surface area contributed by atoms with Gasteiger partial charge in [-0.25, -0.2) is 4.39 Å². The molecular weight excluding hydrogens is 367 g/mol. The highest BCUT2D eigenvalue weighted by Gasteiger charge is 2.24. The van der Waals surface area contributed by atoms with Gasteiger partial charge in [0, 0.05) is 39.3 Å². The van der Waals surface area contributed by atoms with Crippen molar-refractivity contribution >= 4 is 11.6 Å². The normalized spacial score (nSPS) is 15.1. The van der Waals surface area contributed by atoms with Crippen LogP contribution in [0.25, 0.3) is 0 Å². The number of benzene rings is 2. The first-order valence-electron chi connectivity index (χ1n) is 9.99. The summed E-state index contributed by atoms with van der Waals surface area (Å²) in [5.74, 6) is -0.612. The van der Waals surface area contributed by atoms with Crippen LogP contribution in [0.4, 0.5) is 10.1 Å². The van der Waals surface area contributed by atoms with Crippen molar-refractivity contribution in [2.24, 2.45) is 0 Å². The lowest BCUT2D eigenvalue weighted by Crippen LogP contribution is -2.50. The first kappa shape index (κ1) is 21.0. The van der Waals surface area contributed by atoms with Crippen molar-refractivity contribution < 1.29 is 9.18 Å². The van der Waals surface area contributed by atoms with Crippen LogP contribution in [0.3, 0.4) is 0 Å². The molecule has 1 fully saturated rings. The van der Waals surface area contributed by atoms with Crippen LogP contribution >= 0.6 is 0 Å². The summed E-state index contributed by atoms with van der Waals surface area (Å²) in [5, 5.41) is 8.91. The highest BCUT2D eigenvalue weighted by atomic mass is 19.1. The average molecular weight is 394 g/mol. The highest BCUT2D eigenvalue weighted by Crippen LogP contribution is 2.20. The molecule has 0 bridgehead atoms. The van der Waals surface area contributed by atoms with E-state index in [0.29, 0.717) is 0 Å². The van der Waals surface area contributed by atoms with E-state index in [2.05, 4.69) is 41.0 Å². The van der Waals surface area contributed by atoms with E-state index in [0.717, 1.165) is 32.7 Å². The molecule has 152 valence electrons. The molecule has 0 aliphatic carbocycles. The standard InChI is InChI=1S/C23H27FN4O/c1-19-7-2-3-8-20(19)17-26-13-15-27(16-14-26)18-23(29)28(12-6-11-25)22-10-5-4-9-21(22)24/h2-5,7-10H,6,12-18H2,1H3. The van der Waals surface area contributed by atoms with Crippen molar-refractivity contribution in [2.75, 3.05) is 44.2 Å². The van der Waals surface area contributed by atoms with Crippen LogP contribution < -0.4 is 4.90 Å². The van der Waals surface area contributed by atoms with Crippen LogP contribution in [0.5, 0.6) is 0 Å². The molecule has 1 aliphatic heterocycles. The number of anilines is 1. The monoisotopic (exact) mass is 394 g/mol. The molecule has 5 nitrogen and oxygen atoms in total. The number of amides is 1. The number of carbonyl (C=O) groups excluding carboxylic acids is 1. The molecule has 2 aromatic rings. The molecule has 0 N–H and O–H groups in total. The maximum Gasteiger partial charge on any atom is 0.241 e. The molecule has 0 spiro atoms. The Kier molecular flexibility index (Phi) is 7.34. The first-order valence-corrected chi connectivity index (χ1v) is 9.99. The van der Waals surface area contributed by atoms with Gasteiger partial charge < -0.3 is 4.90 Å². The molecule has 0 atom stereocenters. The fourth-order valence-corrected chi connectivity index (χ4v) is 3.62. The molecule has 1 saturated heterocycles. The Morgan fingerprint density at radius 3 is 2.41 bits per heavy atom. The minimum absolute atomic E-state index is 0.169. The Balaban J connectivity index is 1.57. The lowest BCUT2D eigenvalue weighted by molar-refractivity contribution is -0.120. The summed E-state index contributed by atoms with van der Waals surface area (Å²) < 4.78 is 14.2. The van der Waals surface area contributed by atoms with E-state index in [9.17, 15) is 9.18 Å². The number of nitriles is 1. The van der Waals surface area contributed by atoms with Crippen molar-refractivity contribution in [3.63, 3.8) is 0 Å². The lowest BCUT2D eigenvalue weighted by atomic mass is 10.1. The Morgan fingerprint density at radius 1 is 1.07 bits per heavy atom. The van der Waals surface area contributed by atoms with Gasteiger partial charge in [0.05, 0.1) is 24.7 Å². The number of nitrogens with zero attached hydrogens (tertiary/aromatic N) is 4. The van der Waals surface area contributed by atoms with Crippen molar-refractivity contribution in [2.45, 2.75) is 19.9 Å². The third-order valence-corrected chi connectivity index (χ3v) is 5.37. The minimum Gasteiger partial charge on any atom is -0.308 e. The third kappa shape index (κ3) is 5.63. The second kappa shape index (κ2) is 10.1. The zero-order valence-corrected chi connectivity index (χ0v) is 16.9. The molecule has 3 rings (SSSR count). The molecule has 0 unspecified atom stereocenters. The van der Waals surface area contributed by atoms with Crippen LogP contribution in [0.1, 0.15) is 17.5 Å². The number of carbonyl (C=O) groups is 1. The van der Waals surface area contributed by atoms with E-state index in [-0.39, 0.29) is 31.1 Å². The molecular formula is C23H27FN4O. The summed E-state index contributed by atoms with van der Waals surface area (Å²) in [5.41, 5.74) is 2.87. The van der Waals surface area contributed by atoms with Gasteiger partial charge in [0.2, 0.25) is 5.91 Å². The van der Waals surface area contributed by atoms with E-state index in [1.807, 2.05) is 6.07 Å². The van der Waals surface area contributed by atoms with Gasteiger partial charge in [-0.3, -0.25) is 14.6 Å². The van der Waals surface area contributed by atoms with Gasteiger partial charge in [-0.05, 0) is 30.2 Å². The van der Waals surface area contributed by atoms with Crippen LogP contribution in [0, 0.1) is 24.1 Å². The molecule has 29 heavy (non-hydrogen) atoms. The quantitative estimate of drug-likeness (QED) is 0.724. The van der Waals surface area contributed by atoms with Crippen molar-refractivity contribution in [1.82, 2.24) is 9.80 Å². The fourth-order valence-electron chi connectivity index (χ4n) is 3.62. The summed E-state index contributed by atoms with van der Waals surface area (Å²) in [4.78, 5) is 18.8. The fraction of sp³-hybridized carbons (Fsp3) is 0.391. The topological polar surface area (TPSA) is 50.6 Å². The molecule has 0 radical (unpaired) electrons. The predicted molar refractivity (Wildman–Crippen MR) is 112 cm³/mol. The summed E-state index contributed by atoms with van der Waals surface area (Å²) >= 11 is 0. The largest absolute Gasteiger partial charge is 0.308 e. The number of aryl methyl sites for hydroxylation is 1. The average Bonchev–Trinajstić information content (AvgIpc) is 2.72. The first-order chi connectivity index (χ1) is 14.1. The van der Waals surface area contributed by atoms with Crippen LogP contribution in [0.15, 0.2) is 48.5 Å². The molecule has 2 aromatic carbocycles. The van der Waals surface area contributed by atoms with Gasteiger partial charge in [-0.15, -0.1) is 0 Å². The number of para-hydroxylation sites is 1. The maximum absolute atomic E-state index is 14.2. The van der Waals surface area contributed by atoms with Gasteiger partial charge >= 0.3 is 0 Å². The zero-order valence-electron chi connectivity index (χ0n) is 16.9. The number of hydrogen-bond acceptors (Lipinski definition) is 4. The third-order valence-electron chi connectivity index (χ3n) is 5.37. The summed E-state index contributed by atoms with van der Waals surface area (Å²) in [6.45, 7) is 6.84. The maximum atomic E-state index is 14.2. The lowest BCUT2D eigenvalue weighted by Gasteiger charge is -2.35.